The second kappa shape index (κ2) is 9.82. The van der Waals surface area contributed by atoms with Gasteiger partial charge in [-0.1, -0.05) is 6.92 Å². The second-order valence-corrected chi connectivity index (χ2v) is 6.84. The van der Waals surface area contributed by atoms with Gasteiger partial charge in [-0.2, -0.15) is 0 Å². The first-order chi connectivity index (χ1) is 12.5. The number of carbonyl (C=O) groups is 2. The quantitative estimate of drug-likeness (QED) is 0.548. The van der Waals surface area contributed by atoms with Crippen LogP contribution in [-0.2, 0) is 11.2 Å². The van der Waals surface area contributed by atoms with Crippen LogP contribution < -0.4 is 20.3 Å². The van der Waals surface area contributed by atoms with E-state index in [1.54, 1.807) is 7.11 Å². The summed E-state index contributed by atoms with van der Waals surface area (Å²) in [7, 11) is 1.61. The number of aryl methyl sites for hydroxylation is 2. The molecule has 2 rings (SSSR count). The molecule has 0 aliphatic heterocycles. The van der Waals surface area contributed by atoms with Gasteiger partial charge in [-0.05, 0) is 55.7 Å². The molecule has 0 atom stereocenters. The van der Waals surface area contributed by atoms with E-state index >= 15 is 0 Å². The molecule has 0 aliphatic rings. The van der Waals surface area contributed by atoms with Gasteiger partial charge in [-0.15, -0.1) is 11.3 Å². The van der Waals surface area contributed by atoms with Crippen molar-refractivity contribution in [3.63, 3.8) is 0 Å². The molecule has 6 nitrogen and oxygen atoms in total. The molecule has 0 saturated heterocycles. The molecule has 0 radical (unpaired) electrons. The number of rotatable bonds is 8. The van der Waals surface area contributed by atoms with Crippen molar-refractivity contribution >= 4 is 23.2 Å². The Bertz CT molecular complexity index is 740. The van der Waals surface area contributed by atoms with Crippen LogP contribution in [0.5, 0.6) is 11.5 Å². The summed E-state index contributed by atoms with van der Waals surface area (Å²) in [5.41, 5.74) is 5.99. The largest absolute Gasteiger partial charge is 0.497 e. The van der Waals surface area contributed by atoms with Crippen molar-refractivity contribution in [1.82, 2.24) is 10.9 Å². The third-order valence-electron chi connectivity index (χ3n) is 3.76. The first-order valence-electron chi connectivity index (χ1n) is 8.48. The fourth-order valence-corrected chi connectivity index (χ4v) is 3.34. The third kappa shape index (κ3) is 5.77. The highest BCUT2D eigenvalue weighted by Crippen LogP contribution is 2.22. The molecule has 0 spiro atoms. The Kier molecular flexibility index (Phi) is 7.47. The van der Waals surface area contributed by atoms with Gasteiger partial charge in [0.25, 0.3) is 5.91 Å². The zero-order chi connectivity index (χ0) is 18.9. The summed E-state index contributed by atoms with van der Waals surface area (Å²) < 4.78 is 10.6. The highest BCUT2D eigenvalue weighted by atomic mass is 32.1. The number of carbonyl (C=O) groups excluding carboxylic acids is 2. The summed E-state index contributed by atoms with van der Waals surface area (Å²) in [6.07, 6.45) is 1.70. The number of nitrogens with one attached hydrogen (secondary N) is 2. The van der Waals surface area contributed by atoms with Crippen LogP contribution >= 0.6 is 11.3 Å². The van der Waals surface area contributed by atoms with E-state index in [-0.39, 0.29) is 18.2 Å². The Morgan fingerprint density at radius 1 is 1.12 bits per heavy atom. The number of hydrazine groups is 1. The monoisotopic (exact) mass is 376 g/mol. The van der Waals surface area contributed by atoms with E-state index in [2.05, 4.69) is 17.8 Å². The molecular formula is C19H24N2O4S. The predicted molar refractivity (Wildman–Crippen MR) is 102 cm³/mol. The average molecular weight is 376 g/mol. The number of ether oxygens (including phenoxy) is 2. The molecule has 26 heavy (non-hydrogen) atoms. The maximum Gasteiger partial charge on any atom is 0.279 e. The molecule has 0 bridgehead atoms. The van der Waals surface area contributed by atoms with Gasteiger partial charge in [0.05, 0.1) is 18.6 Å². The standard InChI is InChI=1S/C19H24N2O4S/c1-4-16-13(2)12-17(26-16)19(23)21-20-18(22)6-5-11-25-15-9-7-14(24-3)8-10-15/h7-10,12H,4-6,11H2,1-3H3,(H,20,22)(H,21,23). The van der Waals surface area contributed by atoms with Crippen LogP contribution in [0.4, 0.5) is 0 Å². The summed E-state index contributed by atoms with van der Waals surface area (Å²) in [5.74, 6) is 0.945. The van der Waals surface area contributed by atoms with Gasteiger partial charge >= 0.3 is 0 Å². The Balaban J connectivity index is 1.65. The molecule has 7 heteroatoms. The van der Waals surface area contributed by atoms with Crippen LogP contribution in [0.1, 0.15) is 39.9 Å². The van der Waals surface area contributed by atoms with Gasteiger partial charge in [0.15, 0.2) is 0 Å². The fourth-order valence-electron chi connectivity index (χ4n) is 2.33. The molecule has 1 heterocycles. The molecule has 0 fully saturated rings. The molecule has 1 aromatic heterocycles. The summed E-state index contributed by atoms with van der Waals surface area (Å²) in [6.45, 7) is 4.45. The lowest BCUT2D eigenvalue weighted by Gasteiger charge is -2.08. The number of hydrogen-bond donors (Lipinski definition) is 2. The third-order valence-corrected chi connectivity index (χ3v) is 5.14. The number of thiophene rings is 1. The maximum absolute atomic E-state index is 12.0. The Morgan fingerprint density at radius 2 is 1.81 bits per heavy atom. The van der Waals surface area contributed by atoms with Crippen LogP contribution in [0.3, 0.4) is 0 Å². The SMILES string of the molecule is CCc1sc(C(=O)NNC(=O)CCCOc2ccc(OC)cc2)cc1C. The lowest BCUT2D eigenvalue weighted by molar-refractivity contribution is -0.122. The van der Waals surface area contributed by atoms with E-state index in [4.69, 9.17) is 9.47 Å². The van der Waals surface area contributed by atoms with Gasteiger partial charge in [0.2, 0.25) is 5.91 Å². The molecule has 2 amide bonds. The number of hydrogen-bond acceptors (Lipinski definition) is 5. The van der Waals surface area contributed by atoms with Crippen molar-refractivity contribution in [1.29, 1.82) is 0 Å². The maximum atomic E-state index is 12.0. The molecule has 1 aromatic carbocycles. The van der Waals surface area contributed by atoms with Crippen LogP contribution in [0.2, 0.25) is 0 Å². The van der Waals surface area contributed by atoms with Crippen molar-refractivity contribution in [2.45, 2.75) is 33.1 Å². The van der Waals surface area contributed by atoms with Crippen LogP contribution in [0, 0.1) is 6.92 Å². The molecule has 140 valence electrons. The molecular weight excluding hydrogens is 352 g/mol. The number of benzene rings is 1. The lowest BCUT2D eigenvalue weighted by Crippen LogP contribution is -2.41. The second-order valence-electron chi connectivity index (χ2n) is 5.70. The van der Waals surface area contributed by atoms with Gasteiger partial charge in [-0.3, -0.25) is 20.4 Å². The predicted octanol–water partition coefficient (Wildman–Crippen LogP) is 3.25. The van der Waals surface area contributed by atoms with Crippen molar-refractivity contribution < 1.29 is 19.1 Å². The van der Waals surface area contributed by atoms with Crippen LogP contribution in [0.15, 0.2) is 30.3 Å². The minimum absolute atomic E-state index is 0.249. The van der Waals surface area contributed by atoms with E-state index in [1.807, 2.05) is 37.3 Å². The van der Waals surface area contributed by atoms with Crippen LogP contribution in [-0.4, -0.2) is 25.5 Å². The number of methoxy groups -OCH3 is 1. The van der Waals surface area contributed by atoms with Gasteiger partial charge in [0, 0.05) is 11.3 Å². The lowest BCUT2D eigenvalue weighted by atomic mass is 10.2. The first kappa shape index (κ1) is 19.8. The molecule has 0 unspecified atom stereocenters. The number of amides is 2. The first-order valence-corrected chi connectivity index (χ1v) is 9.30. The topological polar surface area (TPSA) is 76.7 Å². The average Bonchev–Trinajstić information content (AvgIpc) is 3.04. The molecule has 2 aromatic rings. The summed E-state index contributed by atoms with van der Waals surface area (Å²) in [4.78, 5) is 25.6. The molecule has 0 saturated carbocycles. The van der Waals surface area contributed by atoms with E-state index in [0.717, 1.165) is 23.5 Å². The minimum atomic E-state index is -0.291. The Hall–Kier alpha value is -2.54. The van der Waals surface area contributed by atoms with Crippen molar-refractivity contribution in [2.24, 2.45) is 0 Å². The summed E-state index contributed by atoms with van der Waals surface area (Å²) in [6, 6.07) is 9.09. The summed E-state index contributed by atoms with van der Waals surface area (Å²) >= 11 is 1.45. The fraction of sp³-hybridized carbons (Fsp3) is 0.368. The Labute approximate surface area is 157 Å². The molecule has 0 aliphatic carbocycles. The van der Waals surface area contributed by atoms with E-state index < -0.39 is 0 Å². The van der Waals surface area contributed by atoms with Crippen LogP contribution in [0.25, 0.3) is 0 Å². The minimum Gasteiger partial charge on any atom is -0.497 e. The highest BCUT2D eigenvalue weighted by molar-refractivity contribution is 7.14. The van der Waals surface area contributed by atoms with Gasteiger partial charge in [0.1, 0.15) is 11.5 Å². The normalized spacial score (nSPS) is 10.3. The van der Waals surface area contributed by atoms with E-state index in [9.17, 15) is 9.59 Å². The van der Waals surface area contributed by atoms with Crippen molar-refractivity contribution in [2.75, 3.05) is 13.7 Å². The van der Waals surface area contributed by atoms with Crippen molar-refractivity contribution in [3.8, 4) is 11.5 Å². The van der Waals surface area contributed by atoms with Gasteiger partial charge in [-0.25, -0.2) is 0 Å². The Morgan fingerprint density at radius 3 is 2.42 bits per heavy atom. The zero-order valence-electron chi connectivity index (χ0n) is 15.3. The van der Waals surface area contributed by atoms with E-state index in [0.29, 0.717) is 17.9 Å². The highest BCUT2D eigenvalue weighted by Gasteiger charge is 2.12. The van der Waals surface area contributed by atoms with Crippen molar-refractivity contribution in [3.05, 3.63) is 45.6 Å². The summed E-state index contributed by atoms with van der Waals surface area (Å²) in [5, 5.41) is 0. The zero-order valence-corrected chi connectivity index (χ0v) is 16.1. The van der Waals surface area contributed by atoms with E-state index in [1.165, 1.54) is 16.2 Å². The van der Waals surface area contributed by atoms with Gasteiger partial charge < -0.3 is 9.47 Å². The molecule has 2 N–H and O–H groups in total. The smallest absolute Gasteiger partial charge is 0.279 e.